The van der Waals surface area contributed by atoms with Gasteiger partial charge in [0.25, 0.3) is 10.0 Å². The van der Waals surface area contributed by atoms with Crippen molar-refractivity contribution in [1.82, 2.24) is 4.90 Å². The molecule has 6 nitrogen and oxygen atoms in total. The van der Waals surface area contributed by atoms with Crippen LogP contribution in [0.3, 0.4) is 0 Å². The van der Waals surface area contributed by atoms with E-state index in [1.165, 1.54) is 24.1 Å². The molecular weight excluding hydrogens is 412 g/mol. The minimum Gasteiger partial charge on any atom is -0.497 e. The highest BCUT2D eigenvalue weighted by Crippen LogP contribution is 2.25. The Kier molecular flexibility index (Phi) is 6.97. The second-order valence-corrected chi connectivity index (χ2v) is 9.12. The van der Waals surface area contributed by atoms with E-state index in [1.54, 1.807) is 49.5 Å². The Hall–Kier alpha value is -3.32. The fourth-order valence-electron chi connectivity index (χ4n) is 3.08. The van der Waals surface area contributed by atoms with E-state index in [-0.39, 0.29) is 17.3 Å². The van der Waals surface area contributed by atoms with Crippen molar-refractivity contribution in [2.45, 2.75) is 18.4 Å². The third-order valence-corrected chi connectivity index (χ3v) is 6.72. The summed E-state index contributed by atoms with van der Waals surface area (Å²) in [4.78, 5) is 14.6. The molecule has 0 unspecified atom stereocenters. The second kappa shape index (κ2) is 9.66. The zero-order valence-electron chi connectivity index (χ0n) is 17.9. The summed E-state index contributed by atoms with van der Waals surface area (Å²) in [7, 11) is -0.768. The van der Waals surface area contributed by atoms with Gasteiger partial charge in [0.15, 0.2) is 0 Å². The molecule has 0 bridgehead atoms. The Bertz CT molecular complexity index is 1110. The number of amides is 1. The van der Waals surface area contributed by atoms with Gasteiger partial charge in [0.1, 0.15) is 12.3 Å². The van der Waals surface area contributed by atoms with E-state index in [2.05, 4.69) is 0 Å². The van der Waals surface area contributed by atoms with Gasteiger partial charge in [0, 0.05) is 13.6 Å². The molecule has 0 aliphatic heterocycles. The number of anilines is 1. The van der Waals surface area contributed by atoms with Crippen molar-refractivity contribution in [3.8, 4) is 5.75 Å². The van der Waals surface area contributed by atoms with Crippen LogP contribution in [-0.2, 0) is 21.4 Å². The zero-order chi connectivity index (χ0) is 22.4. The van der Waals surface area contributed by atoms with Gasteiger partial charge in [0.05, 0.1) is 17.7 Å². The molecule has 3 aromatic rings. The van der Waals surface area contributed by atoms with E-state index >= 15 is 0 Å². The van der Waals surface area contributed by atoms with Crippen molar-refractivity contribution in [3.63, 3.8) is 0 Å². The van der Waals surface area contributed by atoms with Crippen LogP contribution in [0.4, 0.5) is 5.69 Å². The number of nitrogens with zero attached hydrogens (tertiary/aromatic N) is 2. The average Bonchev–Trinajstić information content (AvgIpc) is 2.79. The first-order chi connectivity index (χ1) is 14.8. The molecule has 162 valence electrons. The minimum atomic E-state index is -3.96. The fraction of sp³-hybridized carbons (Fsp3) is 0.208. The molecule has 0 aliphatic carbocycles. The summed E-state index contributed by atoms with van der Waals surface area (Å²) < 4.78 is 33.1. The van der Waals surface area contributed by atoms with Gasteiger partial charge < -0.3 is 9.64 Å². The molecule has 0 atom stereocenters. The Morgan fingerprint density at radius 3 is 2.10 bits per heavy atom. The van der Waals surface area contributed by atoms with Crippen LogP contribution < -0.4 is 9.04 Å². The summed E-state index contributed by atoms with van der Waals surface area (Å²) in [5, 5.41) is 0. The lowest BCUT2D eigenvalue weighted by Gasteiger charge is -2.26. The summed E-state index contributed by atoms with van der Waals surface area (Å²) >= 11 is 0. The maximum atomic E-state index is 13.4. The van der Waals surface area contributed by atoms with Crippen molar-refractivity contribution in [2.75, 3.05) is 25.0 Å². The summed E-state index contributed by atoms with van der Waals surface area (Å²) in [5.74, 6) is 0.251. The first-order valence-electron chi connectivity index (χ1n) is 9.82. The summed E-state index contributed by atoms with van der Waals surface area (Å²) in [5.41, 5.74) is 2.54. The molecule has 0 N–H and O–H groups in total. The molecule has 0 saturated heterocycles. The average molecular weight is 439 g/mol. The Labute approximate surface area is 183 Å². The Morgan fingerprint density at radius 1 is 0.903 bits per heavy atom. The molecular formula is C24H26N2O4S. The van der Waals surface area contributed by atoms with Gasteiger partial charge in [0.2, 0.25) is 5.91 Å². The molecule has 0 spiro atoms. The Balaban J connectivity index is 1.86. The number of carbonyl (C=O) groups is 1. The predicted molar refractivity (Wildman–Crippen MR) is 122 cm³/mol. The van der Waals surface area contributed by atoms with Gasteiger partial charge in [-0.3, -0.25) is 9.10 Å². The first kappa shape index (κ1) is 22.4. The lowest BCUT2D eigenvalue weighted by molar-refractivity contribution is -0.128. The zero-order valence-corrected chi connectivity index (χ0v) is 18.7. The van der Waals surface area contributed by atoms with Crippen molar-refractivity contribution < 1.29 is 17.9 Å². The quantitative estimate of drug-likeness (QED) is 0.536. The van der Waals surface area contributed by atoms with E-state index in [0.29, 0.717) is 18.0 Å². The minimum absolute atomic E-state index is 0.0890. The number of rotatable bonds is 8. The van der Waals surface area contributed by atoms with Gasteiger partial charge in [-0.1, -0.05) is 48.0 Å². The smallest absolute Gasteiger partial charge is 0.264 e. The molecule has 31 heavy (non-hydrogen) atoms. The van der Waals surface area contributed by atoms with Gasteiger partial charge in [-0.2, -0.15) is 0 Å². The van der Waals surface area contributed by atoms with Crippen LogP contribution >= 0.6 is 0 Å². The lowest BCUT2D eigenvalue weighted by atomic mass is 10.1. The standard InChI is InChI=1S/C24H26N2O4S/c1-19-9-11-20(12-10-19)17-25(2)24(27)18-26(21-7-5-4-6-8-21)31(28,29)23-15-13-22(30-3)14-16-23/h4-16H,17-18H2,1-3H3. The number of benzene rings is 3. The topological polar surface area (TPSA) is 66.9 Å². The highest BCUT2D eigenvalue weighted by Gasteiger charge is 2.28. The van der Waals surface area contributed by atoms with Crippen molar-refractivity contribution in [1.29, 1.82) is 0 Å². The molecule has 0 saturated carbocycles. The highest BCUT2D eigenvalue weighted by atomic mass is 32.2. The summed E-state index contributed by atoms with van der Waals surface area (Å²) in [6.07, 6.45) is 0. The summed E-state index contributed by atoms with van der Waals surface area (Å²) in [6.45, 7) is 2.09. The molecule has 3 rings (SSSR count). The molecule has 0 aromatic heterocycles. The fourth-order valence-corrected chi connectivity index (χ4v) is 4.50. The number of methoxy groups -OCH3 is 1. The number of hydrogen-bond donors (Lipinski definition) is 0. The van der Waals surface area contributed by atoms with Crippen LogP contribution in [0.15, 0.2) is 83.8 Å². The van der Waals surface area contributed by atoms with Crippen LogP contribution in [0.2, 0.25) is 0 Å². The van der Waals surface area contributed by atoms with Crippen LogP contribution in [0.1, 0.15) is 11.1 Å². The number of hydrogen-bond acceptors (Lipinski definition) is 4. The van der Waals surface area contributed by atoms with Crippen LogP contribution in [0.5, 0.6) is 5.75 Å². The molecule has 0 radical (unpaired) electrons. The largest absolute Gasteiger partial charge is 0.497 e. The number of aryl methyl sites for hydroxylation is 1. The maximum absolute atomic E-state index is 13.4. The third-order valence-electron chi connectivity index (χ3n) is 4.94. The highest BCUT2D eigenvalue weighted by molar-refractivity contribution is 7.92. The van der Waals surface area contributed by atoms with E-state index in [4.69, 9.17) is 4.74 Å². The van der Waals surface area contributed by atoms with Crippen molar-refractivity contribution in [2.24, 2.45) is 0 Å². The number of ether oxygens (including phenoxy) is 1. The monoisotopic (exact) mass is 438 g/mol. The van der Waals surface area contributed by atoms with Gasteiger partial charge in [-0.15, -0.1) is 0 Å². The molecule has 3 aromatic carbocycles. The van der Waals surface area contributed by atoms with Gasteiger partial charge in [-0.05, 0) is 48.9 Å². The Morgan fingerprint density at radius 2 is 1.52 bits per heavy atom. The molecule has 1 amide bonds. The molecule has 7 heteroatoms. The first-order valence-corrected chi connectivity index (χ1v) is 11.3. The lowest BCUT2D eigenvalue weighted by Crippen LogP contribution is -2.41. The third kappa shape index (κ3) is 5.44. The number of para-hydroxylation sites is 1. The van der Waals surface area contributed by atoms with Crippen molar-refractivity contribution >= 4 is 21.6 Å². The van der Waals surface area contributed by atoms with E-state index in [0.717, 1.165) is 15.4 Å². The number of carbonyl (C=O) groups excluding carboxylic acids is 1. The maximum Gasteiger partial charge on any atom is 0.264 e. The van der Waals surface area contributed by atoms with E-state index < -0.39 is 10.0 Å². The SMILES string of the molecule is COc1ccc(S(=O)(=O)N(CC(=O)N(C)Cc2ccc(C)cc2)c2ccccc2)cc1. The van der Waals surface area contributed by atoms with Gasteiger partial charge >= 0.3 is 0 Å². The summed E-state index contributed by atoms with van der Waals surface area (Å²) in [6, 6.07) is 22.6. The van der Waals surface area contributed by atoms with E-state index in [9.17, 15) is 13.2 Å². The van der Waals surface area contributed by atoms with Crippen molar-refractivity contribution in [3.05, 3.63) is 90.0 Å². The number of sulfonamides is 1. The molecule has 0 heterocycles. The van der Waals surface area contributed by atoms with Crippen LogP contribution in [-0.4, -0.2) is 39.9 Å². The molecule has 0 aliphatic rings. The molecule has 0 fully saturated rings. The van der Waals surface area contributed by atoms with E-state index in [1.807, 2.05) is 31.2 Å². The number of likely N-dealkylation sites (N-methyl/N-ethyl adjacent to an activating group) is 1. The van der Waals surface area contributed by atoms with Crippen LogP contribution in [0.25, 0.3) is 0 Å². The van der Waals surface area contributed by atoms with Gasteiger partial charge in [-0.25, -0.2) is 8.42 Å². The predicted octanol–water partition coefficient (Wildman–Crippen LogP) is 3.86. The second-order valence-electron chi connectivity index (χ2n) is 7.26. The normalized spacial score (nSPS) is 11.1. The van der Waals surface area contributed by atoms with Crippen LogP contribution in [0, 0.1) is 6.92 Å².